The molecule has 1 aliphatic heterocycles. The highest BCUT2D eigenvalue weighted by Crippen LogP contribution is 2.19. The number of amides is 2. The molecule has 2 N–H and O–H groups in total. The van der Waals surface area contributed by atoms with Gasteiger partial charge in [0.1, 0.15) is 0 Å². The number of urea groups is 1. The highest BCUT2D eigenvalue weighted by Gasteiger charge is 2.32. The monoisotopic (exact) mass is 236 g/mol. The van der Waals surface area contributed by atoms with Crippen molar-refractivity contribution in [2.75, 3.05) is 18.4 Å². The first kappa shape index (κ1) is 11.3. The van der Waals surface area contributed by atoms with Crippen LogP contribution >= 0.6 is 0 Å². The maximum absolute atomic E-state index is 11.6. The topological polar surface area (TPSA) is 95.4 Å². The zero-order valence-electron chi connectivity index (χ0n) is 9.04. The van der Waals surface area contributed by atoms with Crippen molar-refractivity contribution in [2.24, 2.45) is 5.92 Å². The first-order valence-electron chi connectivity index (χ1n) is 5.20. The summed E-state index contributed by atoms with van der Waals surface area (Å²) in [5.41, 5.74) is 0. The van der Waals surface area contributed by atoms with Gasteiger partial charge in [-0.25, -0.2) is 14.8 Å². The third-order valence-corrected chi connectivity index (χ3v) is 2.49. The fourth-order valence-electron chi connectivity index (χ4n) is 1.65. The number of nitrogens with one attached hydrogen (secondary N) is 1. The van der Waals surface area contributed by atoms with Gasteiger partial charge in [0, 0.05) is 31.4 Å². The summed E-state index contributed by atoms with van der Waals surface area (Å²) in [4.78, 5) is 31.3. The Hall–Kier alpha value is -2.18. The molecule has 1 aliphatic rings. The van der Waals surface area contributed by atoms with Crippen LogP contribution in [0.1, 0.15) is 6.42 Å². The average Bonchev–Trinajstić information content (AvgIpc) is 2.23. The maximum atomic E-state index is 11.6. The molecular weight excluding hydrogens is 224 g/mol. The number of carboxylic acid groups (broad SMARTS) is 1. The van der Waals surface area contributed by atoms with Crippen molar-refractivity contribution in [1.82, 2.24) is 14.9 Å². The Morgan fingerprint density at radius 2 is 2.06 bits per heavy atom. The summed E-state index contributed by atoms with van der Waals surface area (Å²) in [6.45, 7) is 0.927. The molecular formula is C10H12N4O3. The fourth-order valence-corrected chi connectivity index (χ4v) is 1.65. The van der Waals surface area contributed by atoms with Crippen molar-refractivity contribution in [3.05, 3.63) is 18.5 Å². The standard InChI is InChI=1S/C10H12N4O3/c15-8(16)4-7-5-14(6-7)10(17)13-9-11-2-1-3-12-9/h1-3,7H,4-6H2,(H,15,16)(H,11,12,13,17). The third-order valence-electron chi connectivity index (χ3n) is 2.49. The molecule has 1 aromatic heterocycles. The lowest BCUT2D eigenvalue weighted by atomic mass is 9.97. The summed E-state index contributed by atoms with van der Waals surface area (Å²) < 4.78 is 0. The van der Waals surface area contributed by atoms with Crippen LogP contribution in [0.4, 0.5) is 10.7 Å². The highest BCUT2D eigenvalue weighted by atomic mass is 16.4. The van der Waals surface area contributed by atoms with Crippen LogP contribution in [0.2, 0.25) is 0 Å². The lowest BCUT2D eigenvalue weighted by molar-refractivity contribution is -0.139. The molecule has 17 heavy (non-hydrogen) atoms. The van der Waals surface area contributed by atoms with E-state index in [1.165, 1.54) is 17.3 Å². The summed E-state index contributed by atoms with van der Waals surface area (Å²) in [6, 6.07) is 1.36. The van der Waals surface area contributed by atoms with E-state index in [1.807, 2.05) is 0 Å². The van der Waals surface area contributed by atoms with E-state index in [0.29, 0.717) is 13.1 Å². The number of likely N-dealkylation sites (tertiary alicyclic amines) is 1. The van der Waals surface area contributed by atoms with Crippen LogP contribution in [0.5, 0.6) is 0 Å². The number of nitrogens with zero attached hydrogens (tertiary/aromatic N) is 3. The molecule has 0 radical (unpaired) electrons. The van der Waals surface area contributed by atoms with E-state index < -0.39 is 5.97 Å². The molecule has 1 fully saturated rings. The summed E-state index contributed by atoms with van der Waals surface area (Å²) in [5, 5.41) is 11.1. The second-order valence-electron chi connectivity index (χ2n) is 3.87. The lowest BCUT2D eigenvalue weighted by Gasteiger charge is -2.38. The van der Waals surface area contributed by atoms with Gasteiger partial charge in [0.05, 0.1) is 6.42 Å². The largest absolute Gasteiger partial charge is 0.481 e. The van der Waals surface area contributed by atoms with E-state index >= 15 is 0 Å². The molecule has 1 saturated heterocycles. The molecule has 0 spiro atoms. The Balaban J connectivity index is 1.78. The van der Waals surface area contributed by atoms with E-state index in [-0.39, 0.29) is 24.3 Å². The zero-order valence-corrected chi connectivity index (χ0v) is 9.04. The normalized spacial score (nSPS) is 15.2. The Morgan fingerprint density at radius 1 is 1.41 bits per heavy atom. The molecule has 0 saturated carbocycles. The van der Waals surface area contributed by atoms with Crippen molar-refractivity contribution in [3.8, 4) is 0 Å². The quantitative estimate of drug-likeness (QED) is 0.792. The van der Waals surface area contributed by atoms with Gasteiger partial charge in [-0.2, -0.15) is 0 Å². The minimum Gasteiger partial charge on any atom is -0.481 e. The van der Waals surface area contributed by atoms with Crippen LogP contribution in [-0.2, 0) is 4.79 Å². The van der Waals surface area contributed by atoms with Crippen LogP contribution in [0, 0.1) is 5.92 Å². The molecule has 7 nitrogen and oxygen atoms in total. The Labute approximate surface area is 97.5 Å². The van der Waals surface area contributed by atoms with Gasteiger partial charge in [-0.3, -0.25) is 10.1 Å². The number of anilines is 1. The van der Waals surface area contributed by atoms with Gasteiger partial charge >= 0.3 is 12.0 Å². The Morgan fingerprint density at radius 3 is 2.65 bits per heavy atom. The summed E-state index contributed by atoms with van der Waals surface area (Å²) in [7, 11) is 0. The number of aromatic nitrogens is 2. The molecule has 0 aliphatic carbocycles. The minimum absolute atomic E-state index is 0.0509. The number of carbonyl (C=O) groups is 2. The maximum Gasteiger partial charge on any atom is 0.324 e. The predicted molar refractivity (Wildman–Crippen MR) is 58.4 cm³/mol. The van der Waals surface area contributed by atoms with Gasteiger partial charge in [-0.1, -0.05) is 0 Å². The molecule has 2 amide bonds. The van der Waals surface area contributed by atoms with Crippen LogP contribution < -0.4 is 5.32 Å². The van der Waals surface area contributed by atoms with E-state index in [9.17, 15) is 9.59 Å². The van der Waals surface area contributed by atoms with E-state index in [4.69, 9.17) is 5.11 Å². The Bertz CT molecular complexity index is 417. The summed E-state index contributed by atoms with van der Waals surface area (Å²) in [6.07, 6.45) is 3.17. The number of carbonyl (C=O) groups excluding carboxylic acids is 1. The molecule has 0 atom stereocenters. The van der Waals surface area contributed by atoms with Gasteiger partial charge < -0.3 is 10.0 Å². The van der Waals surface area contributed by atoms with Crippen molar-refractivity contribution in [2.45, 2.75) is 6.42 Å². The van der Waals surface area contributed by atoms with E-state index in [0.717, 1.165) is 0 Å². The van der Waals surface area contributed by atoms with Crippen LogP contribution in [0.15, 0.2) is 18.5 Å². The van der Waals surface area contributed by atoms with Gasteiger partial charge in [0.2, 0.25) is 5.95 Å². The molecule has 2 heterocycles. The van der Waals surface area contributed by atoms with Crippen molar-refractivity contribution in [1.29, 1.82) is 0 Å². The molecule has 2 rings (SSSR count). The molecule has 1 aromatic rings. The SMILES string of the molecule is O=C(O)CC1CN(C(=O)Nc2ncccn2)C1. The van der Waals surface area contributed by atoms with E-state index in [1.54, 1.807) is 6.07 Å². The van der Waals surface area contributed by atoms with Gasteiger partial charge in [0.15, 0.2) is 0 Å². The van der Waals surface area contributed by atoms with Crippen molar-refractivity contribution >= 4 is 17.9 Å². The van der Waals surface area contributed by atoms with Crippen molar-refractivity contribution in [3.63, 3.8) is 0 Å². The fraction of sp³-hybridized carbons (Fsp3) is 0.400. The average molecular weight is 236 g/mol. The highest BCUT2D eigenvalue weighted by molar-refractivity contribution is 5.88. The number of hydrogen-bond acceptors (Lipinski definition) is 4. The zero-order chi connectivity index (χ0) is 12.3. The van der Waals surface area contributed by atoms with Crippen LogP contribution in [0.3, 0.4) is 0 Å². The summed E-state index contributed by atoms with van der Waals surface area (Å²) >= 11 is 0. The van der Waals surface area contributed by atoms with Crippen LogP contribution in [-0.4, -0.2) is 45.1 Å². The van der Waals surface area contributed by atoms with Gasteiger partial charge in [-0.15, -0.1) is 0 Å². The predicted octanol–water partition coefficient (Wildman–Crippen LogP) is 0.415. The second-order valence-corrected chi connectivity index (χ2v) is 3.87. The molecule has 90 valence electrons. The molecule has 0 aromatic carbocycles. The minimum atomic E-state index is -0.832. The molecule has 0 unspecified atom stereocenters. The van der Waals surface area contributed by atoms with Crippen LogP contribution in [0.25, 0.3) is 0 Å². The number of rotatable bonds is 3. The number of hydrogen-bond donors (Lipinski definition) is 2. The molecule has 0 bridgehead atoms. The lowest BCUT2D eigenvalue weighted by Crippen LogP contribution is -2.52. The smallest absolute Gasteiger partial charge is 0.324 e. The number of carboxylic acids is 1. The Kier molecular flexibility index (Phi) is 3.17. The first-order chi connectivity index (χ1) is 8.15. The first-order valence-corrected chi connectivity index (χ1v) is 5.20. The summed E-state index contributed by atoms with van der Waals surface area (Å²) in [5.74, 6) is -0.532. The van der Waals surface area contributed by atoms with Gasteiger partial charge in [0.25, 0.3) is 0 Å². The van der Waals surface area contributed by atoms with E-state index in [2.05, 4.69) is 15.3 Å². The molecule has 7 heteroatoms. The second kappa shape index (κ2) is 4.77. The van der Waals surface area contributed by atoms with Crippen molar-refractivity contribution < 1.29 is 14.7 Å². The third kappa shape index (κ3) is 2.90. The van der Waals surface area contributed by atoms with Gasteiger partial charge in [-0.05, 0) is 6.07 Å². The number of aliphatic carboxylic acids is 1.